The Balaban J connectivity index is 1.84. The van der Waals surface area contributed by atoms with E-state index < -0.39 is 0 Å². The van der Waals surface area contributed by atoms with Crippen LogP contribution in [-0.4, -0.2) is 16.0 Å². The molecule has 0 radical (unpaired) electrons. The monoisotopic (exact) mass is 285 g/mol. The van der Waals surface area contributed by atoms with Gasteiger partial charge in [-0.25, -0.2) is 0 Å². The molecule has 100 valence electrons. The first-order valence-corrected chi connectivity index (χ1v) is 6.91. The summed E-state index contributed by atoms with van der Waals surface area (Å²) in [6, 6.07) is 9.22. The molecule has 1 aromatic carbocycles. The number of nitrogens with zero attached hydrogens (tertiary/aromatic N) is 2. The zero-order valence-electron chi connectivity index (χ0n) is 10.7. The van der Waals surface area contributed by atoms with Gasteiger partial charge in [0.1, 0.15) is 0 Å². The van der Waals surface area contributed by atoms with Crippen molar-refractivity contribution in [2.24, 2.45) is 0 Å². The summed E-state index contributed by atoms with van der Waals surface area (Å²) in [5.41, 5.74) is 2.50. The first-order chi connectivity index (χ1) is 9.72. The molecule has 0 aliphatic heterocycles. The molecule has 0 saturated carbocycles. The third-order valence-electron chi connectivity index (χ3n) is 2.66. The first kappa shape index (κ1) is 12.6. The Morgan fingerprint density at radius 3 is 2.65 bits per heavy atom. The normalized spacial score (nSPS) is 10.4. The van der Waals surface area contributed by atoms with Gasteiger partial charge in [0.05, 0.1) is 5.56 Å². The Morgan fingerprint density at radius 1 is 1.20 bits per heavy atom. The van der Waals surface area contributed by atoms with E-state index in [9.17, 15) is 4.79 Å². The lowest BCUT2D eigenvalue weighted by atomic mass is 10.2. The van der Waals surface area contributed by atoms with Crippen LogP contribution in [0.1, 0.15) is 6.92 Å². The number of amides is 1. The van der Waals surface area contributed by atoms with Gasteiger partial charge in [-0.2, -0.15) is 16.3 Å². The summed E-state index contributed by atoms with van der Waals surface area (Å²) >= 11 is 1.58. The van der Waals surface area contributed by atoms with Gasteiger partial charge in [0, 0.05) is 23.6 Å². The average Bonchev–Trinajstić information content (AvgIpc) is 3.10. The number of hydrogen-bond donors (Lipinski definition) is 1. The van der Waals surface area contributed by atoms with Crippen LogP contribution in [0.25, 0.3) is 22.8 Å². The van der Waals surface area contributed by atoms with E-state index in [0.717, 1.165) is 16.8 Å². The molecule has 0 unspecified atom stereocenters. The average molecular weight is 285 g/mol. The maximum atomic E-state index is 11.0. The Bertz CT molecular complexity index is 717. The second-order valence-corrected chi connectivity index (χ2v) is 4.97. The Kier molecular flexibility index (Phi) is 3.30. The van der Waals surface area contributed by atoms with E-state index in [1.165, 1.54) is 6.92 Å². The van der Waals surface area contributed by atoms with Gasteiger partial charge in [-0.3, -0.25) is 4.79 Å². The Morgan fingerprint density at radius 2 is 2.00 bits per heavy atom. The highest BCUT2D eigenvalue weighted by atomic mass is 32.1. The molecule has 6 heteroatoms. The minimum Gasteiger partial charge on any atom is -0.334 e. The topological polar surface area (TPSA) is 68.0 Å². The number of rotatable bonds is 3. The summed E-state index contributed by atoms with van der Waals surface area (Å²) < 4.78 is 5.23. The molecule has 0 spiro atoms. The molecule has 1 N–H and O–H groups in total. The van der Waals surface area contributed by atoms with Gasteiger partial charge < -0.3 is 9.84 Å². The van der Waals surface area contributed by atoms with Crippen molar-refractivity contribution in [1.29, 1.82) is 0 Å². The molecule has 0 aliphatic carbocycles. The van der Waals surface area contributed by atoms with Gasteiger partial charge >= 0.3 is 0 Å². The third-order valence-corrected chi connectivity index (χ3v) is 3.34. The largest absolute Gasteiger partial charge is 0.334 e. The molecule has 0 saturated heterocycles. The van der Waals surface area contributed by atoms with E-state index in [4.69, 9.17) is 4.52 Å². The highest BCUT2D eigenvalue weighted by molar-refractivity contribution is 7.08. The number of hydrogen-bond acceptors (Lipinski definition) is 5. The lowest BCUT2D eigenvalue weighted by Gasteiger charge is -2.01. The summed E-state index contributed by atoms with van der Waals surface area (Å²) in [5, 5.41) is 10.6. The van der Waals surface area contributed by atoms with Crippen molar-refractivity contribution in [3.8, 4) is 22.8 Å². The second kappa shape index (κ2) is 5.26. The summed E-state index contributed by atoms with van der Waals surface area (Å²) in [7, 11) is 0. The Labute approximate surface area is 119 Å². The SMILES string of the molecule is CC(=O)Nc1ccc(-c2noc(-c3ccsc3)n2)cc1. The molecule has 0 bridgehead atoms. The fraction of sp³-hybridized carbons (Fsp3) is 0.0714. The molecular formula is C14H11N3O2S. The highest BCUT2D eigenvalue weighted by Gasteiger charge is 2.10. The standard InChI is InChI=1S/C14H11N3O2S/c1-9(18)15-12-4-2-10(3-5-12)13-16-14(19-17-13)11-6-7-20-8-11/h2-8H,1H3,(H,15,18). The quantitative estimate of drug-likeness (QED) is 0.800. The minimum absolute atomic E-state index is 0.0999. The molecule has 0 fully saturated rings. The van der Waals surface area contributed by atoms with Crippen LogP contribution in [0, 0.1) is 0 Å². The number of nitrogens with one attached hydrogen (secondary N) is 1. The maximum Gasteiger partial charge on any atom is 0.259 e. The van der Waals surface area contributed by atoms with Gasteiger partial charge in [0.15, 0.2) is 0 Å². The van der Waals surface area contributed by atoms with Crippen LogP contribution in [0.15, 0.2) is 45.6 Å². The molecular weight excluding hydrogens is 274 g/mol. The van der Waals surface area contributed by atoms with Crippen LogP contribution in [0.3, 0.4) is 0 Å². The van der Waals surface area contributed by atoms with Gasteiger partial charge in [-0.05, 0) is 35.7 Å². The van der Waals surface area contributed by atoms with Crippen molar-refractivity contribution in [3.05, 3.63) is 41.1 Å². The van der Waals surface area contributed by atoms with Gasteiger partial charge in [0.2, 0.25) is 11.7 Å². The van der Waals surface area contributed by atoms with Crippen molar-refractivity contribution in [2.45, 2.75) is 6.92 Å². The van der Waals surface area contributed by atoms with Crippen LogP contribution < -0.4 is 5.32 Å². The van der Waals surface area contributed by atoms with E-state index in [1.807, 2.05) is 29.0 Å². The van der Waals surface area contributed by atoms with Gasteiger partial charge in [-0.15, -0.1) is 0 Å². The van der Waals surface area contributed by atoms with Crippen molar-refractivity contribution in [1.82, 2.24) is 10.1 Å². The first-order valence-electron chi connectivity index (χ1n) is 5.97. The van der Waals surface area contributed by atoms with Crippen LogP contribution in [-0.2, 0) is 4.79 Å². The molecule has 2 aromatic heterocycles. The zero-order chi connectivity index (χ0) is 13.9. The fourth-order valence-corrected chi connectivity index (χ4v) is 2.38. The van der Waals surface area contributed by atoms with Gasteiger partial charge in [0.25, 0.3) is 5.89 Å². The number of benzene rings is 1. The van der Waals surface area contributed by atoms with E-state index >= 15 is 0 Å². The van der Waals surface area contributed by atoms with Gasteiger partial charge in [-0.1, -0.05) is 5.16 Å². The summed E-state index contributed by atoms with van der Waals surface area (Å²) in [6.07, 6.45) is 0. The second-order valence-electron chi connectivity index (χ2n) is 4.19. The van der Waals surface area contributed by atoms with Crippen molar-refractivity contribution in [3.63, 3.8) is 0 Å². The molecule has 0 aliphatic rings. The fourth-order valence-electron chi connectivity index (χ4n) is 1.75. The number of aromatic nitrogens is 2. The highest BCUT2D eigenvalue weighted by Crippen LogP contribution is 2.24. The van der Waals surface area contributed by atoms with Crippen molar-refractivity contribution < 1.29 is 9.32 Å². The minimum atomic E-state index is -0.0999. The number of carbonyl (C=O) groups is 1. The predicted octanol–water partition coefficient (Wildman–Crippen LogP) is 3.42. The molecule has 1 amide bonds. The number of thiophene rings is 1. The number of anilines is 1. The summed E-state index contributed by atoms with van der Waals surface area (Å²) in [4.78, 5) is 15.3. The molecule has 3 aromatic rings. The lowest BCUT2D eigenvalue weighted by Crippen LogP contribution is -2.05. The lowest BCUT2D eigenvalue weighted by molar-refractivity contribution is -0.114. The van der Waals surface area contributed by atoms with Crippen LogP contribution >= 0.6 is 11.3 Å². The van der Waals surface area contributed by atoms with E-state index in [2.05, 4.69) is 15.5 Å². The van der Waals surface area contributed by atoms with Crippen LogP contribution in [0.5, 0.6) is 0 Å². The maximum absolute atomic E-state index is 11.0. The number of carbonyl (C=O) groups excluding carboxylic acids is 1. The molecule has 3 rings (SSSR count). The smallest absolute Gasteiger partial charge is 0.259 e. The van der Waals surface area contributed by atoms with Crippen LogP contribution in [0.2, 0.25) is 0 Å². The van der Waals surface area contributed by atoms with Crippen LogP contribution in [0.4, 0.5) is 5.69 Å². The van der Waals surface area contributed by atoms with Crippen molar-refractivity contribution in [2.75, 3.05) is 5.32 Å². The van der Waals surface area contributed by atoms with E-state index in [1.54, 1.807) is 23.5 Å². The summed E-state index contributed by atoms with van der Waals surface area (Å²) in [6.45, 7) is 1.47. The van der Waals surface area contributed by atoms with Crippen molar-refractivity contribution >= 4 is 22.9 Å². The molecule has 5 nitrogen and oxygen atoms in total. The molecule has 20 heavy (non-hydrogen) atoms. The zero-order valence-corrected chi connectivity index (χ0v) is 11.5. The molecule has 2 heterocycles. The summed E-state index contributed by atoms with van der Waals surface area (Å²) in [5.74, 6) is 0.935. The third kappa shape index (κ3) is 2.60. The predicted molar refractivity (Wildman–Crippen MR) is 77.4 cm³/mol. The molecule has 0 atom stereocenters. The van der Waals surface area contributed by atoms with E-state index in [-0.39, 0.29) is 5.91 Å². The Hall–Kier alpha value is -2.47. The van der Waals surface area contributed by atoms with E-state index in [0.29, 0.717) is 11.7 Å².